The number of carbonyl (C=O) groups is 1. The molecule has 0 aliphatic heterocycles. The maximum Gasteiger partial charge on any atom is 0.256 e. The quantitative estimate of drug-likeness (QED) is 0.798. The van der Waals surface area contributed by atoms with E-state index in [2.05, 4.69) is 10.4 Å². The highest BCUT2D eigenvalue weighted by Gasteiger charge is 2.15. The average molecular weight is 309 g/mol. The summed E-state index contributed by atoms with van der Waals surface area (Å²) in [7, 11) is 1.62. The molecule has 2 aromatic rings. The van der Waals surface area contributed by atoms with Gasteiger partial charge in [0.2, 0.25) is 0 Å². The molecule has 0 aliphatic rings. The summed E-state index contributed by atoms with van der Waals surface area (Å²) in [6.07, 6.45) is 2.20. The molecule has 0 saturated heterocycles. The number of nitrogens with one attached hydrogen (secondary N) is 1. The van der Waals surface area contributed by atoms with E-state index in [9.17, 15) is 4.79 Å². The van der Waals surface area contributed by atoms with E-state index in [1.807, 2.05) is 0 Å². The molecule has 0 fully saturated rings. The number of aromatic nitrogens is 2. The number of rotatable bonds is 6. The van der Waals surface area contributed by atoms with E-state index in [-0.39, 0.29) is 5.91 Å². The smallest absolute Gasteiger partial charge is 0.256 e. The number of ether oxygens (including phenoxy) is 1. The highest BCUT2D eigenvalue weighted by Crippen LogP contribution is 2.18. The molecular weight excluding hydrogens is 292 g/mol. The van der Waals surface area contributed by atoms with Gasteiger partial charge in [-0.3, -0.25) is 4.79 Å². The lowest BCUT2D eigenvalue weighted by molar-refractivity contribution is 0.0949. The van der Waals surface area contributed by atoms with Gasteiger partial charge in [-0.2, -0.15) is 5.10 Å². The van der Waals surface area contributed by atoms with Gasteiger partial charge >= 0.3 is 0 Å². The number of methoxy groups -OCH3 is 1. The zero-order valence-electron chi connectivity index (χ0n) is 11.7. The number of anilines is 1. The third-order valence-electron chi connectivity index (χ3n) is 2.93. The van der Waals surface area contributed by atoms with E-state index in [0.29, 0.717) is 29.6 Å². The molecule has 112 valence electrons. The van der Waals surface area contributed by atoms with Crippen molar-refractivity contribution in [3.8, 4) is 5.69 Å². The Bertz CT molecular complexity index is 610. The first-order valence-corrected chi connectivity index (χ1v) is 6.88. The lowest BCUT2D eigenvalue weighted by atomic mass is 10.3. The number of nitrogen functional groups attached to an aromatic ring is 1. The number of amides is 1. The second-order valence-electron chi connectivity index (χ2n) is 4.43. The number of hydrogen-bond acceptors (Lipinski definition) is 4. The Hall–Kier alpha value is -2.05. The van der Waals surface area contributed by atoms with E-state index in [0.717, 1.165) is 12.1 Å². The van der Waals surface area contributed by atoms with Crippen LogP contribution >= 0.6 is 11.6 Å². The first-order valence-electron chi connectivity index (χ1n) is 6.50. The van der Waals surface area contributed by atoms with Gasteiger partial charge in [-0.15, -0.1) is 0 Å². The predicted octanol–water partition coefficient (Wildman–Crippen LogP) is 1.87. The van der Waals surface area contributed by atoms with Crippen molar-refractivity contribution in [1.82, 2.24) is 15.1 Å². The van der Waals surface area contributed by atoms with Crippen LogP contribution < -0.4 is 11.1 Å². The van der Waals surface area contributed by atoms with Crippen LogP contribution in [0.25, 0.3) is 5.69 Å². The van der Waals surface area contributed by atoms with Crippen molar-refractivity contribution in [2.45, 2.75) is 6.42 Å². The van der Waals surface area contributed by atoms with E-state index in [1.165, 1.54) is 10.9 Å². The van der Waals surface area contributed by atoms with Gasteiger partial charge in [-0.25, -0.2) is 4.68 Å². The van der Waals surface area contributed by atoms with Crippen molar-refractivity contribution in [2.24, 2.45) is 0 Å². The standard InChI is InChI=1S/C14H17ClN4O2/c1-21-8-2-7-17-14(20)12-9-18-19(13(12)16)11-5-3-10(15)4-6-11/h3-6,9H,2,7-8,16H2,1H3,(H,17,20). The second kappa shape index (κ2) is 7.10. The Balaban J connectivity index is 2.09. The van der Waals surface area contributed by atoms with Crippen LogP contribution in [0.1, 0.15) is 16.8 Å². The van der Waals surface area contributed by atoms with Gasteiger partial charge in [0.15, 0.2) is 0 Å². The number of hydrogen-bond donors (Lipinski definition) is 2. The number of nitrogens with two attached hydrogens (primary N) is 1. The van der Waals surface area contributed by atoms with Gasteiger partial charge in [0, 0.05) is 25.3 Å². The van der Waals surface area contributed by atoms with Gasteiger partial charge < -0.3 is 15.8 Å². The van der Waals surface area contributed by atoms with Crippen LogP contribution in [0, 0.1) is 0 Å². The summed E-state index contributed by atoms with van der Waals surface area (Å²) in [5, 5.41) is 7.54. The van der Waals surface area contributed by atoms with Gasteiger partial charge in [0.1, 0.15) is 11.4 Å². The Kier molecular flexibility index (Phi) is 5.19. The third kappa shape index (κ3) is 3.74. The fourth-order valence-electron chi connectivity index (χ4n) is 1.83. The number of halogens is 1. The van der Waals surface area contributed by atoms with Crippen molar-refractivity contribution in [2.75, 3.05) is 26.0 Å². The second-order valence-corrected chi connectivity index (χ2v) is 4.87. The van der Waals surface area contributed by atoms with Crippen LogP contribution in [0.2, 0.25) is 5.02 Å². The van der Waals surface area contributed by atoms with Gasteiger partial charge in [-0.05, 0) is 30.7 Å². The van der Waals surface area contributed by atoms with Crippen molar-refractivity contribution in [1.29, 1.82) is 0 Å². The molecule has 1 heterocycles. The molecule has 2 rings (SSSR count). The highest BCUT2D eigenvalue weighted by molar-refractivity contribution is 6.30. The molecular formula is C14H17ClN4O2. The zero-order valence-corrected chi connectivity index (χ0v) is 12.4. The minimum atomic E-state index is -0.246. The fourth-order valence-corrected chi connectivity index (χ4v) is 1.96. The van der Waals surface area contributed by atoms with Crippen LogP contribution in [0.5, 0.6) is 0 Å². The lowest BCUT2D eigenvalue weighted by Crippen LogP contribution is -2.25. The molecule has 6 nitrogen and oxygen atoms in total. The van der Waals surface area contributed by atoms with Crippen molar-refractivity contribution >= 4 is 23.3 Å². The summed E-state index contributed by atoms with van der Waals surface area (Å²) in [4.78, 5) is 12.0. The average Bonchev–Trinajstić information content (AvgIpc) is 2.86. The van der Waals surface area contributed by atoms with Crippen LogP contribution in [-0.2, 0) is 4.74 Å². The molecule has 1 aromatic heterocycles. The molecule has 0 radical (unpaired) electrons. The van der Waals surface area contributed by atoms with Crippen molar-refractivity contribution < 1.29 is 9.53 Å². The molecule has 21 heavy (non-hydrogen) atoms. The first kappa shape index (κ1) is 15.3. The minimum absolute atomic E-state index is 0.246. The maximum atomic E-state index is 12.0. The summed E-state index contributed by atoms with van der Waals surface area (Å²) in [5.74, 6) is 0.0466. The molecule has 3 N–H and O–H groups in total. The number of carbonyl (C=O) groups excluding carboxylic acids is 1. The molecule has 1 aromatic carbocycles. The monoisotopic (exact) mass is 308 g/mol. The normalized spacial score (nSPS) is 10.6. The van der Waals surface area contributed by atoms with Crippen LogP contribution in [0.15, 0.2) is 30.5 Å². The minimum Gasteiger partial charge on any atom is -0.385 e. The van der Waals surface area contributed by atoms with Crippen LogP contribution in [0.3, 0.4) is 0 Å². The largest absolute Gasteiger partial charge is 0.385 e. The fraction of sp³-hybridized carbons (Fsp3) is 0.286. The molecule has 1 amide bonds. The SMILES string of the molecule is COCCCNC(=O)c1cnn(-c2ccc(Cl)cc2)c1N. The van der Waals surface area contributed by atoms with Crippen molar-refractivity contribution in [3.63, 3.8) is 0 Å². The first-order chi connectivity index (χ1) is 10.1. The van der Waals surface area contributed by atoms with E-state index >= 15 is 0 Å². The Morgan fingerprint density at radius 2 is 2.14 bits per heavy atom. The predicted molar refractivity (Wildman–Crippen MR) is 81.8 cm³/mol. The summed E-state index contributed by atoms with van der Waals surface area (Å²) in [6, 6.07) is 7.04. The molecule has 0 spiro atoms. The molecule has 0 unspecified atom stereocenters. The van der Waals surface area contributed by atoms with E-state index in [1.54, 1.807) is 31.4 Å². The summed E-state index contributed by atoms with van der Waals surface area (Å²) >= 11 is 5.84. The maximum absolute atomic E-state index is 12.0. The lowest BCUT2D eigenvalue weighted by Gasteiger charge is -2.06. The summed E-state index contributed by atoms with van der Waals surface area (Å²) in [5.41, 5.74) is 7.08. The Morgan fingerprint density at radius 3 is 2.81 bits per heavy atom. The molecule has 0 bridgehead atoms. The zero-order chi connectivity index (χ0) is 15.2. The van der Waals surface area contributed by atoms with Crippen LogP contribution in [-0.4, -0.2) is 35.9 Å². The topological polar surface area (TPSA) is 82.2 Å². The molecule has 7 heteroatoms. The number of nitrogens with zero attached hydrogens (tertiary/aromatic N) is 2. The van der Waals surface area contributed by atoms with Gasteiger partial charge in [-0.1, -0.05) is 11.6 Å². The van der Waals surface area contributed by atoms with Crippen LogP contribution in [0.4, 0.5) is 5.82 Å². The van der Waals surface area contributed by atoms with Crippen molar-refractivity contribution in [3.05, 3.63) is 41.0 Å². The van der Waals surface area contributed by atoms with E-state index < -0.39 is 0 Å². The Labute approximate surface area is 127 Å². The van der Waals surface area contributed by atoms with E-state index in [4.69, 9.17) is 22.1 Å². The third-order valence-corrected chi connectivity index (χ3v) is 3.19. The summed E-state index contributed by atoms with van der Waals surface area (Å²) < 4.78 is 6.42. The van der Waals surface area contributed by atoms with Gasteiger partial charge in [0.05, 0.1) is 11.9 Å². The summed E-state index contributed by atoms with van der Waals surface area (Å²) in [6.45, 7) is 1.12. The number of benzene rings is 1. The Morgan fingerprint density at radius 1 is 1.43 bits per heavy atom. The highest BCUT2D eigenvalue weighted by atomic mass is 35.5. The molecule has 0 saturated carbocycles. The van der Waals surface area contributed by atoms with Gasteiger partial charge in [0.25, 0.3) is 5.91 Å². The molecule has 0 atom stereocenters. The molecule has 0 aliphatic carbocycles.